The lowest BCUT2D eigenvalue weighted by Crippen LogP contribution is -2.32. The van der Waals surface area contributed by atoms with Crippen LogP contribution in [-0.2, 0) is 4.79 Å². The first-order valence-corrected chi connectivity index (χ1v) is 8.11. The SMILES string of the molecule is CCN(CC)CC(=O)Nc1cccc(NC(=O)c2ccccc2)c1. The largest absolute Gasteiger partial charge is 0.325 e. The Morgan fingerprint density at radius 3 is 2.12 bits per heavy atom. The van der Waals surface area contributed by atoms with Crippen LogP contribution in [0.2, 0.25) is 0 Å². The monoisotopic (exact) mass is 325 g/mol. The van der Waals surface area contributed by atoms with Gasteiger partial charge in [-0.05, 0) is 43.4 Å². The van der Waals surface area contributed by atoms with E-state index in [2.05, 4.69) is 10.6 Å². The van der Waals surface area contributed by atoms with Gasteiger partial charge in [-0.25, -0.2) is 0 Å². The van der Waals surface area contributed by atoms with Gasteiger partial charge in [0.2, 0.25) is 5.91 Å². The summed E-state index contributed by atoms with van der Waals surface area (Å²) in [5.41, 5.74) is 1.90. The molecule has 2 rings (SSSR count). The zero-order chi connectivity index (χ0) is 17.4. The van der Waals surface area contributed by atoms with Crippen molar-refractivity contribution in [1.82, 2.24) is 4.90 Å². The number of amides is 2. The Kier molecular flexibility index (Phi) is 6.51. The predicted octanol–water partition coefficient (Wildman–Crippen LogP) is 3.22. The Morgan fingerprint density at radius 1 is 0.875 bits per heavy atom. The van der Waals surface area contributed by atoms with Gasteiger partial charge < -0.3 is 10.6 Å². The van der Waals surface area contributed by atoms with Gasteiger partial charge in [0.25, 0.3) is 5.91 Å². The summed E-state index contributed by atoms with van der Waals surface area (Å²) in [6.07, 6.45) is 0. The van der Waals surface area contributed by atoms with Crippen molar-refractivity contribution in [2.75, 3.05) is 30.3 Å². The van der Waals surface area contributed by atoms with E-state index in [0.29, 0.717) is 23.5 Å². The number of likely N-dealkylation sites (N-methyl/N-ethyl adjacent to an activating group) is 1. The summed E-state index contributed by atoms with van der Waals surface area (Å²) in [6.45, 7) is 6.06. The fourth-order valence-electron chi connectivity index (χ4n) is 2.32. The van der Waals surface area contributed by atoms with E-state index in [-0.39, 0.29) is 11.8 Å². The Bertz CT molecular complexity index is 682. The van der Waals surface area contributed by atoms with E-state index in [4.69, 9.17) is 0 Å². The maximum absolute atomic E-state index is 12.2. The number of carbonyl (C=O) groups excluding carboxylic acids is 2. The van der Waals surface area contributed by atoms with E-state index in [1.165, 1.54) is 0 Å². The molecule has 0 radical (unpaired) electrons. The minimum absolute atomic E-state index is 0.0646. The van der Waals surface area contributed by atoms with E-state index >= 15 is 0 Å². The first-order valence-electron chi connectivity index (χ1n) is 8.11. The lowest BCUT2D eigenvalue weighted by atomic mass is 10.2. The summed E-state index contributed by atoms with van der Waals surface area (Å²) in [7, 11) is 0. The molecule has 24 heavy (non-hydrogen) atoms. The van der Waals surface area contributed by atoms with E-state index in [0.717, 1.165) is 13.1 Å². The van der Waals surface area contributed by atoms with Crippen LogP contribution < -0.4 is 10.6 Å². The van der Waals surface area contributed by atoms with Crippen molar-refractivity contribution in [3.63, 3.8) is 0 Å². The fraction of sp³-hybridized carbons (Fsp3) is 0.263. The maximum Gasteiger partial charge on any atom is 0.255 e. The average molecular weight is 325 g/mol. The molecule has 0 aliphatic heterocycles. The second kappa shape index (κ2) is 8.84. The van der Waals surface area contributed by atoms with Crippen molar-refractivity contribution in [1.29, 1.82) is 0 Å². The summed E-state index contributed by atoms with van der Waals surface area (Å²) in [4.78, 5) is 26.3. The summed E-state index contributed by atoms with van der Waals surface area (Å²) < 4.78 is 0. The molecule has 2 aromatic carbocycles. The normalized spacial score (nSPS) is 10.5. The number of nitrogens with zero attached hydrogens (tertiary/aromatic N) is 1. The van der Waals surface area contributed by atoms with Crippen molar-refractivity contribution in [3.05, 3.63) is 60.2 Å². The number of hydrogen-bond donors (Lipinski definition) is 2. The van der Waals surface area contributed by atoms with Crippen molar-refractivity contribution < 1.29 is 9.59 Å². The molecule has 2 aromatic rings. The molecule has 5 heteroatoms. The van der Waals surface area contributed by atoms with Gasteiger partial charge in [-0.2, -0.15) is 0 Å². The molecule has 0 aliphatic carbocycles. The molecule has 126 valence electrons. The maximum atomic E-state index is 12.2. The quantitative estimate of drug-likeness (QED) is 0.821. The Hall–Kier alpha value is -2.66. The highest BCUT2D eigenvalue weighted by Crippen LogP contribution is 2.16. The van der Waals surface area contributed by atoms with Crippen LogP contribution in [0, 0.1) is 0 Å². The molecular formula is C19H23N3O2. The average Bonchev–Trinajstić information content (AvgIpc) is 2.60. The first-order chi connectivity index (χ1) is 11.6. The van der Waals surface area contributed by atoms with Crippen molar-refractivity contribution in [2.24, 2.45) is 0 Å². The van der Waals surface area contributed by atoms with Crippen LogP contribution in [0.25, 0.3) is 0 Å². The third kappa shape index (κ3) is 5.21. The number of anilines is 2. The van der Waals surface area contributed by atoms with E-state index < -0.39 is 0 Å². The minimum Gasteiger partial charge on any atom is -0.325 e. The van der Waals surface area contributed by atoms with Crippen LogP contribution in [0.4, 0.5) is 11.4 Å². The van der Waals surface area contributed by atoms with Crippen LogP contribution in [-0.4, -0.2) is 36.3 Å². The molecule has 5 nitrogen and oxygen atoms in total. The number of hydrogen-bond acceptors (Lipinski definition) is 3. The van der Waals surface area contributed by atoms with Gasteiger partial charge >= 0.3 is 0 Å². The zero-order valence-electron chi connectivity index (χ0n) is 14.1. The number of nitrogens with one attached hydrogen (secondary N) is 2. The standard InChI is InChI=1S/C19H23N3O2/c1-3-22(4-2)14-18(23)20-16-11-8-12-17(13-16)21-19(24)15-9-6-5-7-10-15/h5-13H,3-4,14H2,1-2H3,(H,20,23)(H,21,24). The topological polar surface area (TPSA) is 61.4 Å². The first kappa shape index (κ1) is 17.7. The summed E-state index contributed by atoms with van der Waals surface area (Å²) in [5, 5.41) is 5.70. The van der Waals surface area contributed by atoms with Crippen molar-refractivity contribution >= 4 is 23.2 Å². The Labute approximate surface area is 142 Å². The van der Waals surface area contributed by atoms with Crippen molar-refractivity contribution in [3.8, 4) is 0 Å². The lowest BCUT2D eigenvalue weighted by Gasteiger charge is -2.17. The Balaban J connectivity index is 1.98. The molecule has 0 saturated carbocycles. The van der Waals surface area contributed by atoms with Crippen LogP contribution in [0.3, 0.4) is 0 Å². The third-order valence-electron chi connectivity index (χ3n) is 3.70. The molecular weight excluding hydrogens is 302 g/mol. The molecule has 0 bridgehead atoms. The molecule has 2 N–H and O–H groups in total. The predicted molar refractivity (Wildman–Crippen MR) is 97.3 cm³/mol. The van der Waals surface area contributed by atoms with Gasteiger partial charge in [0, 0.05) is 16.9 Å². The summed E-state index contributed by atoms with van der Waals surface area (Å²) >= 11 is 0. The van der Waals surface area contributed by atoms with Gasteiger partial charge in [-0.3, -0.25) is 14.5 Å². The Morgan fingerprint density at radius 2 is 1.50 bits per heavy atom. The van der Waals surface area contributed by atoms with Crippen LogP contribution in [0.1, 0.15) is 24.2 Å². The van der Waals surface area contributed by atoms with Crippen LogP contribution in [0.5, 0.6) is 0 Å². The van der Waals surface area contributed by atoms with E-state index in [1.807, 2.05) is 36.9 Å². The van der Waals surface area contributed by atoms with E-state index in [9.17, 15) is 9.59 Å². The fourth-order valence-corrected chi connectivity index (χ4v) is 2.32. The molecule has 0 aromatic heterocycles. The summed E-state index contributed by atoms with van der Waals surface area (Å²) in [6, 6.07) is 16.2. The molecule has 0 spiro atoms. The third-order valence-corrected chi connectivity index (χ3v) is 3.70. The highest BCUT2D eigenvalue weighted by Gasteiger charge is 2.09. The number of benzene rings is 2. The number of carbonyl (C=O) groups is 2. The molecule has 0 fully saturated rings. The molecule has 0 atom stereocenters. The smallest absolute Gasteiger partial charge is 0.255 e. The number of rotatable bonds is 7. The molecule has 0 heterocycles. The molecule has 0 aliphatic rings. The minimum atomic E-state index is -0.179. The van der Waals surface area contributed by atoms with Crippen LogP contribution >= 0.6 is 0 Å². The van der Waals surface area contributed by atoms with Crippen LogP contribution in [0.15, 0.2) is 54.6 Å². The van der Waals surface area contributed by atoms with Gasteiger partial charge in [-0.15, -0.1) is 0 Å². The van der Waals surface area contributed by atoms with Crippen molar-refractivity contribution in [2.45, 2.75) is 13.8 Å². The highest BCUT2D eigenvalue weighted by atomic mass is 16.2. The summed E-state index contributed by atoms with van der Waals surface area (Å²) in [5.74, 6) is -0.243. The second-order valence-corrected chi connectivity index (χ2v) is 5.41. The zero-order valence-corrected chi connectivity index (χ0v) is 14.1. The second-order valence-electron chi connectivity index (χ2n) is 5.41. The van der Waals surface area contributed by atoms with Gasteiger partial charge in [0.05, 0.1) is 6.54 Å². The molecule has 0 unspecified atom stereocenters. The van der Waals surface area contributed by atoms with Gasteiger partial charge in [-0.1, -0.05) is 38.1 Å². The van der Waals surface area contributed by atoms with Gasteiger partial charge in [0.15, 0.2) is 0 Å². The highest BCUT2D eigenvalue weighted by molar-refractivity contribution is 6.04. The molecule has 0 saturated heterocycles. The lowest BCUT2D eigenvalue weighted by molar-refractivity contribution is -0.117. The molecule has 2 amide bonds. The van der Waals surface area contributed by atoms with E-state index in [1.54, 1.807) is 36.4 Å². The van der Waals surface area contributed by atoms with Gasteiger partial charge in [0.1, 0.15) is 0 Å².